The van der Waals surface area contributed by atoms with Gasteiger partial charge < -0.3 is 15.0 Å². The van der Waals surface area contributed by atoms with Crippen molar-refractivity contribution in [3.8, 4) is 0 Å². The summed E-state index contributed by atoms with van der Waals surface area (Å²) in [6.45, 7) is 7.55. The Hall–Kier alpha value is -1.20. The van der Waals surface area contributed by atoms with Crippen LogP contribution >= 0.6 is 0 Å². The van der Waals surface area contributed by atoms with E-state index in [4.69, 9.17) is 9.72 Å². The fourth-order valence-corrected chi connectivity index (χ4v) is 2.38. The van der Waals surface area contributed by atoms with Crippen LogP contribution in [0, 0.1) is 0 Å². The monoisotopic (exact) mass is 262 g/mol. The van der Waals surface area contributed by atoms with E-state index in [0.29, 0.717) is 6.04 Å². The van der Waals surface area contributed by atoms with Gasteiger partial charge in [0.05, 0.1) is 24.1 Å². The maximum Gasteiger partial charge on any atom is 0.147 e. The van der Waals surface area contributed by atoms with E-state index in [2.05, 4.69) is 29.0 Å². The van der Waals surface area contributed by atoms with Crippen LogP contribution in [0.25, 0.3) is 0 Å². The molecule has 0 unspecified atom stereocenters. The van der Waals surface area contributed by atoms with E-state index in [-0.39, 0.29) is 5.60 Å². The number of rotatable bonds is 4. The lowest BCUT2D eigenvalue weighted by atomic mass is 10.1. The van der Waals surface area contributed by atoms with Crippen molar-refractivity contribution in [3.05, 3.63) is 18.1 Å². The fourth-order valence-electron chi connectivity index (χ4n) is 2.38. The molecule has 3 rings (SSSR count). The molecule has 1 aromatic rings. The molecule has 0 amide bonds. The second kappa shape index (κ2) is 5.06. The van der Waals surface area contributed by atoms with Gasteiger partial charge in [-0.05, 0) is 26.7 Å². The number of aromatic nitrogens is 2. The van der Waals surface area contributed by atoms with Crippen LogP contribution in [0.4, 0.5) is 5.82 Å². The molecular weight excluding hydrogens is 240 g/mol. The predicted molar refractivity (Wildman–Crippen MR) is 74.1 cm³/mol. The Bertz CT molecular complexity index is 445. The van der Waals surface area contributed by atoms with Crippen molar-refractivity contribution in [2.45, 2.75) is 44.9 Å². The number of ether oxygens (including phenoxy) is 1. The molecule has 1 aromatic heterocycles. The Morgan fingerprint density at radius 1 is 1.42 bits per heavy atom. The minimum Gasteiger partial charge on any atom is -0.372 e. The second-order valence-corrected chi connectivity index (χ2v) is 6.05. The van der Waals surface area contributed by atoms with Gasteiger partial charge in [0.2, 0.25) is 0 Å². The van der Waals surface area contributed by atoms with Crippen LogP contribution in [0.1, 0.15) is 32.4 Å². The number of hydrogen-bond donors (Lipinski definition) is 1. The van der Waals surface area contributed by atoms with Crippen LogP contribution < -0.4 is 10.2 Å². The molecular formula is C14H22N4O. The average Bonchev–Trinajstić information content (AvgIpc) is 3.20. The van der Waals surface area contributed by atoms with Crippen LogP contribution in [0.3, 0.4) is 0 Å². The Labute approximate surface area is 114 Å². The summed E-state index contributed by atoms with van der Waals surface area (Å²) in [5.41, 5.74) is 0.913. The third-order valence-electron chi connectivity index (χ3n) is 3.57. The lowest BCUT2D eigenvalue weighted by Gasteiger charge is -2.38. The highest BCUT2D eigenvalue weighted by Crippen LogP contribution is 2.22. The van der Waals surface area contributed by atoms with Gasteiger partial charge in [0, 0.05) is 31.9 Å². The number of nitrogens with one attached hydrogen (secondary N) is 1. The molecule has 19 heavy (non-hydrogen) atoms. The van der Waals surface area contributed by atoms with Crippen molar-refractivity contribution in [1.82, 2.24) is 15.3 Å². The summed E-state index contributed by atoms with van der Waals surface area (Å²) >= 11 is 0. The molecule has 1 saturated carbocycles. The third kappa shape index (κ3) is 3.42. The van der Waals surface area contributed by atoms with Crippen molar-refractivity contribution < 1.29 is 4.74 Å². The first kappa shape index (κ1) is 12.8. The number of hydrogen-bond acceptors (Lipinski definition) is 5. The van der Waals surface area contributed by atoms with Crippen molar-refractivity contribution in [1.29, 1.82) is 0 Å². The molecule has 104 valence electrons. The maximum atomic E-state index is 5.73. The predicted octanol–water partition coefficient (Wildman–Crippen LogP) is 1.34. The quantitative estimate of drug-likeness (QED) is 0.887. The van der Waals surface area contributed by atoms with E-state index in [1.807, 2.05) is 12.4 Å². The van der Waals surface area contributed by atoms with E-state index >= 15 is 0 Å². The molecule has 5 heteroatoms. The highest BCUT2D eigenvalue weighted by atomic mass is 16.5. The average molecular weight is 262 g/mol. The maximum absolute atomic E-state index is 5.73. The van der Waals surface area contributed by atoms with Gasteiger partial charge >= 0.3 is 0 Å². The summed E-state index contributed by atoms with van der Waals surface area (Å²) in [5.74, 6) is 0.964. The van der Waals surface area contributed by atoms with E-state index in [1.54, 1.807) is 0 Å². The first-order chi connectivity index (χ1) is 9.12. The first-order valence-corrected chi connectivity index (χ1v) is 7.06. The fraction of sp³-hybridized carbons (Fsp3) is 0.714. The highest BCUT2D eigenvalue weighted by molar-refractivity contribution is 5.37. The summed E-state index contributed by atoms with van der Waals surface area (Å²) in [4.78, 5) is 11.3. The number of anilines is 1. The topological polar surface area (TPSA) is 50.3 Å². The summed E-state index contributed by atoms with van der Waals surface area (Å²) in [5, 5.41) is 3.47. The van der Waals surface area contributed by atoms with Crippen molar-refractivity contribution in [3.63, 3.8) is 0 Å². The molecule has 5 nitrogen and oxygen atoms in total. The van der Waals surface area contributed by atoms with Crippen molar-refractivity contribution in [2.24, 2.45) is 0 Å². The van der Waals surface area contributed by atoms with Gasteiger partial charge in [0.15, 0.2) is 0 Å². The van der Waals surface area contributed by atoms with Gasteiger partial charge in [-0.15, -0.1) is 0 Å². The van der Waals surface area contributed by atoms with Gasteiger partial charge in [-0.25, -0.2) is 4.98 Å². The van der Waals surface area contributed by atoms with Crippen LogP contribution in [0.15, 0.2) is 12.4 Å². The molecule has 0 radical (unpaired) electrons. The molecule has 1 N–H and O–H groups in total. The molecule has 0 spiro atoms. The summed E-state index contributed by atoms with van der Waals surface area (Å²) in [7, 11) is 0. The Kier molecular flexibility index (Phi) is 3.41. The van der Waals surface area contributed by atoms with Crippen LogP contribution in [-0.4, -0.2) is 41.3 Å². The van der Waals surface area contributed by atoms with Gasteiger partial charge in [0.1, 0.15) is 5.82 Å². The first-order valence-electron chi connectivity index (χ1n) is 7.06. The van der Waals surface area contributed by atoms with Gasteiger partial charge in [-0.2, -0.15) is 0 Å². The molecule has 0 bridgehead atoms. The lowest BCUT2D eigenvalue weighted by Crippen LogP contribution is -2.48. The molecule has 2 aliphatic rings. The second-order valence-electron chi connectivity index (χ2n) is 6.05. The molecule has 1 saturated heterocycles. The molecule has 1 aliphatic heterocycles. The van der Waals surface area contributed by atoms with Crippen LogP contribution in [0.2, 0.25) is 0 Å². The van der Waals surface area contributed by atoms with Crippen LogP contribution in [0.5, 0.6) is 0 Å². The summed E-state index contributed by atoms with van der Waals surface area (Å²) in [6, 6.07) is 0.702. The van der Waals surface area contributed by atoms with Gasteiger partial charge in [0.25, 0.3) is 0 Å². The zero-order valence-electron chi connectivity index (χ0n) is 11.7. The zero-order chi connectivity index (χ0) is 13.3. The Morgan fingerprint density at radius 3 is 3.00 bits per heavy atom. The normalized spacial score (nSPS) is 22.5. The number of morpholine rings is 1. The largest absolute Gasteiger partial charge is 0.372 e. The SMILES string of the molecule is CC1(C)CN(c2cncc(CNC3CC3)n2)CCO1. The Balaban J connectivity index is 1.67. The molecule has 0 aromatic carbocycles. The third-order valence-corrected chi connectivity index (χ3v) is 3.57. The highest BCUT2D eigenvalue weighted by Gasteiger charge is 2.28. The van der Waals surface area contributed by atoms with E-state index in [9.17, 15) is 0 Å². The van der Waals surface area contributed by atoms with Crippen LogP contribution in [-0.2, 0) is 11.3 Å². The minimum absolute atomic E-state index is 0.109. The summed E-state index contributed by atoms with van der Waals surface area (Å²) < 4.78 is 5.73. The molecule has 1 aliphatic carbocycles. The summed E-state index contributed by atoms with van der Waals surface area (Å²) in [6.07, 6.45) is 6.29. The number of nitrogens with zero attached hydrogens (tertiary/aromatic N) is 3. The van der Waals surface area contributed by atoms with Gasteiger partial charge in [-0.1, -0.05) is 0 Å². The molecule has 2 heterocycles. The van der Waals surface area contributed by atoms with Crippen molar-refractivity contribution >= 4 is 5.82 Å². The smallest absolute Gasteiger partial charge is 0.147 e. The minimum atomic E-state index is -0.109. The zero-order valence-corrected chi connectivity index (χ0v) is 11.7. The lowest BCUT2D eigenvalue weighted by molar-refractivity contribution is -0.0279. The van der Waals surface area contributed by atoms with E-state index in [0.717, 1.165) is 37.8 Å². The molecule has 2 fully saturated rings. The molecule has 0 atom stereocenters. The standard InChI is InChI=1S/C14H22N4O/c1-14(2)10-18(5-6-19-14)13-9-15-7-12(17-13)8-16-11-3-4-11/h7,9,11,16H,3-6,8,10H2,1-2H3. The van der Waals surface area contributed by atoms with E-state index < -0.39 is 0 Å². The van der Waals surface area contributed by atoms with Crippen molar-refractivity contribution in [2.75, 3.05) is 24.6 Å². The Morgan fingerprint density at radius 2 is 2.26 bits per heavy atom. The van der Waals surface area contributed by atoms with E-state index in [1.165, 1.54) is 12.8 Å². The van der Waals surface area contributed by atoms with Gasteiger partial charge in [-0.3, -0.25) is 4.98 Å².